The van der Waals surface area contributed by atoms with Crippen molar-refractivity contribution in [3.63, 3.8) is 0 Å². The van der Waals surface area contributed by atoms with E-state index in [1.54, 1.807) is 21.3 Å². The molecule has 0 atom stereocenters. The predicted octanol–water partition coefficient (Wildman–Crippen LogP) is 2.78. The first-order valence-corrected chi connectivity index (χ1v) is 8.79. The summed E-state index contributed by atoms with van der Waals surface area (Å²) in [6, 6.07) is 3.65. The van der Waals surface area contributed by atoms with Crippen molar-refractivity contribution in [2.75, 3.05) is 41.2 Å². The van der Waals surface area contributed by atoms with Crippen LogP contribution in [0.5, 0.6) is 0 Å². The van der Waals surface area contributed by atoms with Crippen LogP contribution >= 0.6 is 0 Å². The molecule has 16 heavy (non-hydrogen) atoms. The van der Waals surface area contributed by atoms with E-state index >= 15 is 0 Å². The zero-order valence-corrected chi connectivity index (χ0v) is 12.5. The SMILES string of the molecule is COCC[Si](CCOC)(CCOC)C(C)C. The van der Waals surface area contributed by atoms with Crippen LogP contribution in [0, 0.1) is 0 Å². The molecule has 0 heterocycles. The zero-order chi connectivity index (χ0) is 12.4. The van der Waals surface area contributed by atoms with Crippen LogP contribution in [0.15, 0.2) is 0 Å². The maximum Gasteiger partial charge on any atom is 0.0629 e. The van der Waals surface area contributed by atoms with Crippen LogP contribution in [-0.4, -0.2) is 49.2 Å². The molecule has 0 aliphatic rings. The lowest BCUT2D eigenvalue weighted by Gasteiger charge is -2.35. The van der Waals surface area contributed by atoms with Crippen molar-refractivity contribution in [1.82, 2.24) is 0 Å². The highest BCUT2D eigenvalue weighted by Gasteiger charge is 2.35. The molecule has 0 radical (unpaired) electrons. The Bertz CT molecular complexity index is 141. The summed E-state index contributed by atoms with van der Waals surface area (Å²) in [6.07, 6.45) is 0. The summed E-state index contributed by atoms with van der Waals surface area (Å²) in [5.74, 6) is 0. The van der Waals surface area contributed by atoms with Gasteiger partial charge >= 0.3 is 0 Å². The van der Waals surface area contributed by atoms with E-state index in [9.17, 15) is 0 Å². The van der Waals surface area contributed by atoms with Gasteiger partial charge in [-0.3, -0.25) is 0 Å². The molecule has 0 unspecified atom stereocenters. The Morgan fingerprint density at radius 2 is 1.06 bits per heavy atom. The molecule has 0 saturated carbocycles. The number of methoxy groups -OCH3 is 3. The van der Waals surface area contributed by atoms with E-state index in [2.05, 4.69) is 13.8 Å². The van der Waals surface area contributed by atoms with Crippen LogP contribution in [0.4, 0.5) is 0 Å². The topological polar surface area (TPSA) is 27.7 Å². The molecule has 0 aliphatic carbocycles. The van der Waals surface area contributed by atoms with Crippen molar-refractivity contribution in [2.24, 2.45) is 0 Å². The fourth-order valence-corrected chi connectivity index (χ4v) is 6.47. The summed E-state index contributed by atoms with van der Waals surface area (Å²) in [4.78, 5) is 0. The van der Waals surface area contributed by atoms with Gasteiger partial charge in [0, 0.05) is 41.2 Å². The highest BCUT2D eigenvalue weighted by molar-refractivity contribution is 6.81. The van der Waals surface area contributed by atoms with E-state index in [0.717, 1.165) is 25.4 Å². The summed E-state index contributed by atoms with van der Waals surface area (Å²) in [5, 5.41) is 0. The molecule has 0 aliphatic heterocycles. The third kappa shape index (κ3) is 5.43. The van der Waals surface area contributed by atoms with Crippen LogP contribution in [0.25, 0.3) is 0 Å². The van der Waals surface area contributed by atoms with Crippen molar-refractivity contribution in [3.05, 3.63) is 0 Å². The summed E-state index contributed by atoms with van der Waals surface area (Å²) in [6.45, 7) is 7.30. The van der Waals surface area contributed by atoms with Gasteiger partial charge in [-0.15, -0.1) is 0 Å². The van der Waals surface area contributed by atoms with E-state index < -0.39 is 8.07 Å². The number of ether oxygens (including phenoxy) is 3. The Kier molecular flexibility index (Phi) is 9.22. The van der Waals surface area contributed by atoms with Crippen LogP contribution in [-0.2, 0) is 14.2 Å². The lowest BCUT2D eigenvalue weighted by Crippen LogP contribution is -2.41. The number of hydrogen-bond acceptors (Lipinski definition) is 3. The first-order chi connectivity index (χ1) is 7.63. The van der Waals surface area contributed by atoms with Crippen LogP contribution in [0.2, 0.25) is 23.7 Å². The van der Waals surface area contributed by atoms with E-state index in [1.165, 1.54) is 18.1 Å². The third-order valence-electron chi connectivity index (χ3n) is 3.64. The van der Waals surface area contributed by atoms with Gasteiger partial charge in [0.05, 0.1) is 8.07 Å². The minimum atomic E-state index is -1.31. The van der Waals surface area contributed by atoms with Crippen molar-refractivity contribution < 1.29 is 14.2 Å². The third-order valence-corrected chi connectivity index (χ3v) is 9.69. The predicted molar refractivity (Wildman–Crippen MR) is 70.9 cm³/mol. The summed E-state index contributed by atoms with van der Waals surface area (Å²) in [7, 11) is 4.04. The normalized spacial score (nSPS) is 12.4. The standard InChI is InChI=1S/C12H28O3Si/c1-12(2)16(9-6-13-3,10-7-14-4)11-8-15-5/h12H,6-11H2,1-5H3. The largest absolute Gasteiger partial charge is 0.385 e. The van der Waals surface area contributed by atoms with Gasteiger partial charge in [0.1, 0.15) is 0 Å². The van der Waals surface area contributed by atoms with Gasteiger partial charge in [-0.05, 0) is 18.1 Å². The Morgan fingerprint density at radius 1 is 0.750 bits per heavy atom. The minimum absolute atomic E-state index is 0.757. The second-order valence-electron chi connectivity index (χ2n) is 4.75. The Morgan fingerprint density at radius 3 is 1.25 bits per heavy atom. The maximum absolute atomic E-state index is 5.26. The molecule has 0 N–H and O–H groups in total. The quantitative estimate of drug-likeness (QED) is 0.556. The fraction of sp³-hybridized carbons (Fsp3) is 1.00. The number of hydrogen-bond donors (Lipinski definition) is 0. The second-order valence-corrected chi connectivity index (χ2v) is 10.1. The van der Waals surface area contributed by atoms with Crippen molar-refractivity contribution >= 4 is 8.07 Å². The molecule has 0 fully saturated rings. The molecule has 0 amide bonds. The lowest BCUT2D eigenvalue weighted by molar-refractivity contribution is 0.200. The van der Waals surface area contributed by atoms with Crippen molar-refractivity contribution in [2.45, 2.75) is 37.5 Å². The molecule has 98 valence electrons. The Hall–Kier alpha value is 0.0969. The van der Waals surface area contributed by atoms with Gasteiger partial charge in [-0.2, -0.15) is 0 Å². The average Bonchev–Trinajstić information content (AvgIpc) is 2.28. The molecule has 0 bridgehead atoms. The lowest BCUT2D eigenvalue weighted by atomic mass is 10.6. The van der Waals surface area contributed by atoms with Crippen LogP contribution in [0.3, 0.4) is 0 Å². The Labute approximate surface area is 101 Å². The molecule has 0 aromatic heterocycles. The molecular formula is C12H28O3Si. The van der Waals surface area contributed by atoms with Crippen molar-refractivity contribution in [1.29, 1.82) is 0 Å². The van der Waals surface area contributed by atoms with Gasteiger partial charge < -0.3 is 14.2 Å². The fourth-order valence-electron chi connectivity index (χ4n) is 2.16. The minimum Gasteiger partial charge on any atom is -0.385 e. The molecule has 0 rings (SSSR count). The van der Waals surface area contributed by atoms with Gasteiger partial charge in [0.15, 0.2) is 0 Å². The summed E-state index contributed by atoms with van der Waals surface area (Å²) < 4.78 is 15.8. The monoisotopic (exact) mass is 248 g/mol. The molecule has 4 heteroatoms. The smallest absolute Gasteiger partial charge is 0.0629 e. The van der Waals surface area contributed by atoms with Gasteiger partial charge in [-0.25, -0.2) is 0 Å². The highest BCUT2D eigenvalue weighted by Crippen LogP contribution is 2.33. The van der Waals surface area contributed by atoms with E-state index in [-0.39, 0.29) is 0 Å². The van der Waals surface area contributed by atoms with E-state index in [4.69, 9.17) is 14.2 Å². The Balaban J connectivity index is 4.46. The maximum atomic E-state index is 5.26. The van der Waals surface area contributed by atoms with Crippen LogP contribution in [0.1, 0.15) is 13.8 Å². The molecule has 0 aromatic carbocycles. The molecular weight excluding hydrogens is 220 g/mol. The molecule has 0 spiro atoms. The summed E-state index contributed by atoms with van der Waals surface area (Å²) >= 11 is 0. The van der Waals surface area contributed by atoms with E-state index in [1.807, 2.05) is 0 Å². The number of rotatable bonds is 10. The van der Waals surface area contributed by atoms with Gasteiger partial charge in [0.25, 0.3) is 0 Å². The van der Waals surface area contributed by atoms with Gasteiger partial charge in [-0.1, -0.05) is 19.4 Å². The molecule has 0 saturated heterocycles. The second kappa shape index (κ2) is 9.16. The van der Waals surface area contributed by atoms with E-state index in [0.29, 0.717) is 0 Å². The zero-order valence-electron chi connectivity index (χ0n) is 11.5. The highest BCUT2D eigenvalue weighted by atomic mass is 28.3. The van der Waals surface area contributed by atoms with Crippen molar-refractivity contribution in [3.8, 4) is 0 Å². The first-order valence-electron chi connectivity index (χ1n) is 6.09. The first kappa shape index (κ1) is 16.1. The van der Waals surface area contributed by atoms with Crippen LogP contribution < -0.4 is 0 Å². The summed E-state index contributed by atoms with van der Waals surface area (Å²) in [5.41, 5.74) is 0.757. The molecule has 3 nitrogen and oxygen atoms in total. The molecule has 0 aromatic rings. The average molecular weight is 248 g/mol. The van der Waals surface area contributed by atoms with Gasteiger partial charge in [0.2, 0.25) is 0 Å².